The molecule has 1 aromatic carbocycles. The maximum atomic E-state index is 12.3. The van der Waals surface area contributed by atoms with E-state index >= 15 is 0 Å². The predicted octanol–water partition coefficient (Wildman–Crippen LogP) is 1.25. The van der Waals surface area contributed by atoms with Crippen LogP contribution in [0.25, 0.3) is 0 Å². The fraction of sp³-hybridized carbons (Fsp3) is 0.500. The van der Waals surface area contributed by atoms with Crippen LogP contribution in [0.1, 0.15) is 24.8 Å². The minimum Gasteiger partial charge on any atom is -0.367 e. The average Bonchev–Trinajstić information content (AvgIpc) is 2.54. The van der Waals surface area contributed by atoms with Gasteiger partial charge in [0.15, 0.2) is 0 Å². The third-order valence-corrected chi connectivity index (χ3v) is 3.80. The van der Waals surface area contributed by atoms with E-state index in [0.29, 0.717) is 19.7 Å². The van der Waals surface area contributed by atoms with Crippen molar-refractivity contribution in [2.75, 3.05) is 19.7 Å². The van der Waals surface area contributed by atoms with Gasteiger partial charge in [-0.2, -0.15) is 0 Å². The number of ether oxygens (including phenoxy) is 1. The molecule has 22 heavy (non-hydrogen) atoms. The second-order valence-electron chi connectivity index (χ2n) is 5.46. The molecule has 0 spiro atoms. The zero-order valence-corrected chi connectivity index (χ0v) is 12.7. The molecule has 0 aromatic heterocycles. The van der Waals surface area contributed by atoms with Crippen molar-refractivity contribution in [2.24, 2.45) is 5.73 Å². The second kappa shape index (κ2) is 8.38. The monoisotopic (exact) mass is 305 g/mol. The number of benzene rings is 1. The first-order chi connectivity index (χ1) is 10.7. The molecular weight excluding hydrogens is 282 g/mol. The van der Waals surface area contributed by atoms with Gasteiger partial charge >= 0.3 is 6.03 Å². The molecule has 0 radical (unpaired) electrons. The Morgan fingerprint density at radius 2 is 2.05 bits per heavy atom. The van der Waals surface area contributed by atoms with Crippen LogP contribution in [-0.4, -0.2) is 42.6 Å². The average molecular weight is 305 g/mol. The Kier molecular flexibility index (Phi) is 6.21. The molecule has 6 heteroatoms. The van der Waals surface area contributed by atoms with Crippen molar-refractivity contribution in [1.29, 1.82) is 0 Å². The summed E-state index contributed by atoms with van der Waals surface area (Å²) in [7, 11) is 0. The summed E-state index contributed by atoms with van der Waals surface area (Å²) in [6, 6.07) is 9.20. The van der Waals surface area contributed by atoms with Crippen LogP contribution in [0.5, 0.6) is 0 Å². The normalized spacial score (nSPS) is 18.0. The Morgan fingerprint density at radius 1 is 1.27 bits per heavy atom. The van der Waals surface area contributed by atoms with Crippen LogP contribution in [0, 0.1) is 0 Å². The minimum atomic E-state index is -0.557. The van der Waals surface area contributed by atoms with Crippen LogP contribution >= 0.6 is 0 Å². The van der Waals surface area contributed by atoms with Gasteiger partial charge in [-0.25, -0.2) is 4.79 Å². The standard InChI is InChI=1S/C16H23N3O3/c17-16(21)18-10-14-8-4-5-9-19(14)15(20)12-22-11-13-6-2-1-3-7-13/h1-3,6-7,14H,4-5,8-12H2,(H3,17,18,21). The van der Waals surface area contributed by atoms with Crippen molar-refractivity contribution in [3.8, 4) is 0 Å². The van der Waals surface area contributed by atoms with Crippen LogP contribution in [0.3, 0.4) is 0 Å². The summed E-state index contributed by atoms with van der Waals surface area (Å²) < 4.78 is 5.51. The number of rotatable bonds is 6. The molecule has 3 N–H and O–H groups in total. The minimum absolute atomic E-state index is 0.00840. The van der Waals surface area contributed by atoms with Gasteiger partial charge < -0.3 is 20.7 Å². The lowest BCUT2D eigenvalue weighted by Gasteiger charge is -2.35. The van der Waals surface area contributed by atoms with E-state index in [2.05, 4.69) is 5.32 Å². The largest absolute Gasteiger partial charge is 0.367 e. The van der Waals surface area contributed by atoms with E-state index < -0.39 is 6.03 Å². The van der Waals surface area contributed by atoms with E-state index in [1.165, 1.54) is 0 Å². The number of nitrogens with two attached hydrogens (primary N) is 1. The van der Waals surface area contributed by atoms with Crippen molar-refractivity contribution in [3.63, 3.8) is 0 Å². The summed E-state index contributed by atoms with van der Waals surface area (Å²) in [4.78, 5) is 24.9. The Bertz CT molecular complexity index is 493. The quantitative estimate of drug-likeness (QED) is 0.829. The van der Waals surface area contributed by atoms with E-state index in [1.807, 2.05) is 30.3 Å². The Hall–Kier alpha value is -2.08. The maximum Gasteiger partial charge on any atom is 0.312 e. The molecule has 3 amide bonds. The number of likely N-dealkylation sites (tertiary alicyclic amines) is 1. The van der Waals surface area contributed by atoms with Crippen molar-refractivity contribution >= 4 is 11.9 Å². The van der Waals surface area contributed by atoms with Gasteiger partial charge in [0.2, 0.25) is 5.91 Å². The SMILES string of the molecule is NC(=O)NCC1CCCCN1C(=O)COCc1ccccc1. The maximum absolute atomic E-state index is 12.3. The Labute approximate surface area is 130 Å². The second-order valence-corrected chi connectivity index (χ2v) is 5.46. The zero-order valence-electron chi connectivity index (χ0n) is 12.7. The summed E-state index contributed by atoms with van der Waals surface area (Å²) >= 11 is 0. The van der Waals surface area contributed by atoms with Crippen molar-refractivity contribution in [2.45, 2.75) is 31.9 Å². The predicted molar refractivity (Wildman–Crippen MR) is 83.0 cm³/mol. The molecule has 120 valence electrons. The summed E-state index contributed by atoms with van der Waals surface area (Å²) in [5.41, 5.74) is 6.14. The molecule has 0 aliphatic carbocycles. The van der Waals surface area contributed by atoms with Crippen LogP contribution in [0.15, 0.2) is 30.3 Å². The van der Waals surface area contributed by atoms with Gasteiger partial charge in [0.1, 0.15) is 6.61 Å². The van der Waals surface area contributed by atoms with Crippen molar-refractivity contribution in [1.82, 2.24) is 10.2 Å². The van der Waals surface area contributed by atoms with Gasteiger partial charge in [-0.3, -0.25) is 4.79 Å². The molecule has 6 nitrogen and oxygen atoms in total. The molecule has 2 rings (SSSR count). The molecule has 1 atom stereocenters. The third-order valence-electron chi connectivity index (χ3n) is 3.80. The summed E-state index contributed by atoms with van der Waals surface area (Å²) in [5.74, 6) is -0.0353. The van der Waals surface area contributed by atoms with E-state index in [9.17, 15) is 9.59 Å². The molecule has 1 unspecified atom stereocenters. The van der Waals surface area contributed by atoms with Crippen LogP contribution in [0.2, 0.25) is 0 Å². The first-order valence-corrected chi connectivity index (χ1v) is 7.61. The highest BCUT2D eigenvalue weighted by atomic mass is 16.5. The molecule has 1 aliphatic rings. The highest BCUT2D eigenvalue weighted by Gasteiger charge is 2.26. The van der Waals surface area contributed by atoms with Gasteiger partial charge in [-0.05, 0) is 24.8 Å². The number of hydrogen-bond acceptors (Lipinski definition) is 3. The fourth-order valence-electron chi connectivity index (χ4n) is 2.67. The highest BCUT2D eigenvalue weighted by molar-refractivity contribution is 5.78. The van der Waals surface area contributed by atoms with Gasteiger partial charge in [-0.15, -0.1) is 0 Å². The number of nitrogens with one attached hydrogen (secondary N) is 1. The first-order valence-electron chi connectivity index (χ1n) is 7.61. The lowest BCUT2D eigenvalue weighted by Crippen LogP contribution is -2.51. The van der Waals surface area contributed by atoms with E-state index in [4.69, 9.17) is 10.5 Å². The Morgan fingerprint density at radius 3 is 2.77 bits per heavy atom. The van der Waals surface area contributed by atoms with Gasteiger partial charge in [0.05, 0.1) is 6.61 Å². The molecule has 0 bridgehead atoms. The van der Waals surface area contributed by atoms with E-state index in [0.717, 1.165) is 24.8 Å². The smallest absolute Gasteiger partial charge is 0.312 e. The number of urea groups is 1. The highest BCUT2D eigenvalue weighted by Crippen LogP contribution is 2.17. The number of carbonyl (C=O) groups is 2. The summed E-state index contributed by atoms with van der Waals surface area (Å²) in [6.07, 6.45) is 2.92. The lowest BCUT2D eigenvalue weighted by molar-refractivity contribution is -0.140. The van der Waals surface area contributed by atoms with Crippen molar-refractivity contribution in [3.05, 3.63) is 35.9 Å². The van der Waals surface area contributed by atoms with Crippen LogP contribution in [-0.2, 0) is 16.1 Å². The number of carbonyl (C=O) groups excluding carboxylic acids is 2. The number of primary amides is 1. The summed E-state index contributed by atoms with van der Waals surface area (Å²) in [5, 5.41) is 2.59. The number of nitrogens with zero attached hydrogens (tertiary/aromatic N) is 1. The molecule has 0 saturated carbocycles. The van der Waals surface area contributed by atoms with E-state index in [-0.39, 0.29) is 18.6 Å². The first kappa shape index (κ1) is 16.3. The fourth-order valence-corrected chi connectivity index (χ4v) is 2.67. The molecule has 1 aliphatic heterocycles. The van der Waals surface area contributed by atoms with Crippen LogP contribution < -0.4 is 11.1 Å². The van der Waals surface area contributed by atoms with Crippen LogP contribution in [0.4, 0.5) is 4.79 Å². The topological polar surface area (TPSA) is 84.7 Å². The Balaban J connectivity index is 1.79. The molecule has 1 heterocycles. The molecule has 1 saturated heterocycles. The number of piperidine rings is 1. The zero-order chi connectivity index (χ0) is 15.8. The van der Waals surface area contributed by atoms with Crippen molar-refractivity contribution < 1.29 is 14.3 Å². The molecular formula is C16H23N3O3. The summed E-state index contributed by atoms with van der Waals surface area (Å²) in [6.45, 7) is 1.59. The number of amides is 3. The van der Waals surface area contributed by atoms with Gasteiger partial charge in [-0.1, -0.05) is 30.3 Å². The molecule has 1 aromatic rings. The number of hydrogen-bond donors (Lipinski definition) is 2. The van der Waals surface area contributed by atoms with E-state index in [1.54, 1.807) is 4.90 Å². The molecule has 1 fully saturated rings. The lowest BCUT2D eigenvalue weighted by atomic mass is 10.0. The van der Waals surface area contributed by atoms with Gasteiger partial charge in [0.25, 0.3) is 0 Å². The third kappa shape index (κ3) is 5.04. The van der Waals surface area contributed by atoms with Gasteiger partial charge in [0, 0.05) is 19.1 Å².